The summed E-state index contributed by atoms with van der Waals surface area (Å²) in [6.45, 7) is 5.59. The minimum Gasteiger partial charge on any atom is -0.481 e. The average molecular weight is 297 g/mol. The van der Waals surface area contributed by atoms with E-state index >= 15 is 0 Å². The van der Waals surface area contributed by atoms with Crippen molar-refractivity contribution in [2.45, 2.75) is 51.5 Å². The first kappa shape index (κ1) is 16.1. The lowest BCUT2D eigenvalue weighted by molar-refractivity contribution is -0.141. The third-order valence-corrected chi connectivity index (χ3v) is 4.67. The van der Waals surface area contributed by atoms with Crippen molar-refractivity contribution in [2.24, 2.45) is 5.41 Å². The molecule has 1 saturated heterocycles. The number of carbonyl (C=O) groups is 2. The Morgan fingerprint density at radius 3 is 2.43 bits per heavy atom. The number of likely N-dealkylation sites (tertiary alicyclic amines) is 1. The van der Waals surface area contributed by atoms with Crippen LogP contribution in [0.3, 0.4) is 0 Å². The van der Waals surface area contributed by atoms with Crippen LogP contribution < -0.4 is 10.6 Å². The molecular weight excluding hydrogens is 270 g/mol. The minimum atomic E-state index is -0.778. The highest BCUT2D eigenvalue weighted by atomic mass is 16.4. The number of carbonyl (C=O) groups excluding carboxylic acids is 1. The quantitative estimate of drug-likeness (QED) is 0.664. The van der Waals surface area contributed by atoms with Crippen molar-refractivity contribution in [3.05, 3.63) is 0 Å². The van der Waals surface area contributed by atoms with Crippen molar-refractivity contribution < 1.29 is 14.7 Å². The maximum atomic E-state index is 11.9. The van der Waals surface area contributed by atoms with Gasteiger partial charge < -0.3 is 20.6 Å². The molecule has 1 heterocycles. The largest absolute Gasteiger partial charge is 0.481 e. The SMILES string of the molecule is CC(CN1CCCC1)NC(=O)NCC1(CC(=O)O)CCC1. The van der Waals surface area contributed by atoms with Crippen LogP contribution in [0.2, 0.25) is 0 Å². The maximum Gasteiger partial charge on any atom is 0.315 e. The molecule has 1 atom stereocenters. The molecule has 0 aromatic carbocycles. The van der Waals surface area contributed by atoms with E-state index in [1.165, 1.54) is 12.8 Å². The molecule has 2 amide bonds. The summed E-state index contributed by atoms with van der Waals surface area (Å²) < 4.78 is 0. The van der Waals surface area contributed by atoms with Crippen LogP contribution in [0.5, 0.6) is 0 Å². The zero-order valence-electron chi connectivity index (χ0n) is 12.9. The van der Waals surface area contributed by atoms with Crippen molar-refractivity contribution in [1.82, 2.24) is 15.5 Å². The molecule has 6 nitrogen and oxygen atoms in total. The fourth-order valence-electron chi connectivity index (χ4n) is 3.35. The highest BCUT2D eigenvalue weighted by Gasteiger charge is 2.39. The number of hydrogen-bond acceptors (Lipinski definition) is 3. The first-order valence-electron chi connectivity index (χ1n) is 7.98. The summed E-state index contributed by atoms with van der Waals surface area (Å²) in [5.74, 6) is -0.778. The zero-order chi connectivity index (χ0) is 15.3. The van der Waals surface area contributed by atoms with Gasteiger partial charge in [-0.05, 0) is 51.1 Å². The standard InChI is InChI=1S/C15H27N3O3/c1-12(10-18-7-2-3-8-18)17-14(21)16-11-15(5-4-6-15)9-13(19)20/h12H,2-11H2,1H3,(H,19,20)(H2,16,17,21). The van der Waals surface area contributed by atoms with Gasteiger partial charge >= 0.3 is 12.0 Å². The molecule has 2 rings (SSSR count). The summed E-state index contributed by atoms with van der Waals surface area (Å²) in [6.07, 6.45) is 5.48. The molecule has 2 fully saturated rings. The van der Waals surface area contributed by atoms with E-state index < -0.39 is 5.97 Å². The van der Waals surface area contributed by atoms with Crippen LogP contribution in [0.4, 0.5) is 4.79 Å². The normalized spacial score (nSPS) is 22.3. The minimum absolute atomic E-state index is 0.111. The second kappa shape index (κ2) is 7.11. The van der Waals surface area contributed by atoms with Gasteiger partial charge in [-0.3, -0.25) is 4.79 Å². The highest BCUT2D eigenvalue weighted by molar-refractivity contribution is 5.74. The number of amides is 2. The number of carboxylic acid groups (broad SMARTS) is 1. The lowest BCUT2D eigenvalue weighted by Gasteiger charge is -2.40. The molecule has 0 aromatic heterocycles. The summed E-state index contributed by atoms with van der Waals surface area (Å²) in [6, 6.07) is -0.0710. The van der Waals surface area contributed by atoms with E-state index in [9.17, 15) is 9.59 Å². The first-order chi connectivity index (χ1) is 9.99. The number of nitrogens with zero attached hydrogens (tertiary/aromatic N) is 1. The molecule has 1 unspecified atom stereocenters. The Morgan fingerprint density at radius 1 is 1.24 bits per heavy atom. The Kier molecular flexibility index (Phi) is 5.45. The van der Waals surface area contributed by atoms with Crippen LogP contribution in [0.25, 0.3) is 0 Å². The number of hydrogen-bond donors (Lipinski definition) is 3. The van der Waals surface area contributed by atoms with Crippen molar-refractivity contribution in [1.29, 1.82) is 0 Å². The molecule has 0 bridgehead atoms. The second-order valence-electron chi connectivity index (χ2n) is 6.66. The monoisotopic (exact) mass is 297 g/mol. The predicted molar refractivity (Wildman–Crippen MR) is 80.2 cm³/mol. The second-order valence-corrected chi connectivity index (χ2v) is 6.66. The van der Waals surface area contributed by atoms with E-state index in [1.807, 2.05) is 6.92 Å². The fourth-order valence-corrected chi connectivity index (χ4v) is 3.35. The van der Waals surface area contributed by atoms with Crippen molar-refractivity contribution in [3.8, 4) is 0 Å². The van der Waals surface area contributed by atoms with Crippen LogP contribution >= 0.6 is 0 Å². The Labute approximate surface area is 126 Å². The van der Waals surface area contributed by atoms with Gasteiger partial charge in [0.1, 0.15) is 0 Å². The van der Waals surface area contributed by atoms with Crippen LogP contribution in [-0.4, -0.2) is 54.2 Å². The summed E-state index contributed by atoms with van der Waals surface area (Å²) in [5, 5.41) is 14.7. The maximum absolute atomic E-state index is 11.9. The van der Waals surface area contributed by atoms with Crippen LogP contribution in [0.1, 0.15) is 45.4 Å². The van der Waals surface area contributed by atoms with Gasteiger partial charge in [0, 0.05) is 19.1 Å². The van der Waals surface area contributed by atoms with Crippen LogP contribution in [-0.2, 0) is 4.79 Å². The molecule has 21 heavy (non-hydrogen) atoms. The van der Waals surface area contributed by atoms with Gasteiger partial charge in [0.2, 0.25) is 0 Å². The molecule has 120 valence electrons. The Bertz CT molecular complexity index is 376. The predicted octanol–water partition coefficient (Wildman–Crippen LogP) is 1.41. The number of aliphatic carboxylic acids is 1. The molecule has 1 aliphatic heterocycles. The van der Waals surface area contributed by atoms with E-state index in [1.54, 1.807) is 0 Å². The molecule has 2 aliphatic rings. The number of rotatable bonds is 7. The lowest BCUT2D eigenvalue weighted by atomic mass is 9.66. The van der Waals surface area contributed by atoms with Gasteiger partial charge in [0.15, 0.2) is 0 Å². The highest BCUT2D eigenvalue weighted by Crippen LogP contribution is 2.43. The van der Waals surface area contributed by atoms with Gasteiger partial charge in [0.05, 0.1) is 6.42 Å². The van der Waals surface area contributed by atoms with Gasteiger partial charge in [-0.25, -0.2) is 4.79 Å². The van der Waals surface area contributed by atoms with Crippen molar-refractivity contribution in [2.75, 3.05) is 26.2 Å². The molecule has 0 aromatic rings. The van der Waals surface area contributed by atoms with Crippen molar-refractivity contribution >= 4 is 12.0 Å². The molecule has 1 aliphatic carbocycles. The fraction of sp³-hybridized carbons (Fsp3) is 0.867. The topological polar surface area (TPSA) is 81.7 Å². The van der Waals surface area contributed by atoms with Crippen molar-refractivity contribution in [3.63, 3.8) is 0 Å². The molecule has 0 spiro atoms. The third-order valence-electron chi connectivity index (χ3n) is 4.67. The summed E-state index contributed by atoms with van der Waals surface area (Å²) in [5.41, 5.74) is -0.221. The average Bonchev–Trinajstić information content (AvgIpc) is 2.84. The molecule has 1 saturated carbocycles. The van der Waals surface area contributed by atoms with E-state index in [4.69, 9.17) is 5.11 Å². The zero-order valence-corrected chi connectivity index (χ0v) is 12.9. The number of urea groups is 1. The molecule has 6 heteroatoms. The molecular formula is C15H27N3O3. The van der Waals surface area contributed by atoms with Gasteiger partial charge in [0.25, 0.3) is 0 Å². The summed E-state index contributed by atoms with van der Waals surface area (Å²) in [7, 11) is 0. The third kappa shape index (κ3) is 4.88. The lowest BCUT2D eigenvalue weighted by Crippen LogP contribution is -2.50. The first-order valence-corrected chi connectivity index (χ1v) is 7.98. The molecule has 0 radical (unpaired) electrons. The Hall–Kier alpha value is -1.30. The van der Waals surface area contributed by atoms with Crippen LogP contribution in [0.15, 0.2) is 0 Å². The molecule has 3 N–H and O–H groups in total. The van der Waals surface area contributed by atoms with Gasteiger partial charge in [-0.2, -0.15) is 0 Å². The van der Waals surface area contributed by atoms with Crippen LogP contribution in [0, 0.1) is 5.41 Å². The number of nitrogens with one attached hydrogen (secondary N) is 2. The van der Waals surface area contributed by atoms with E-state index in [0.29, 0.717) is 6.54 Å². The van der Waals surface area contributed by atoms with E-state index in [-0.39, 0.29) is 23.9 Å². The van der Waals surface area contributed by atoms with Gasteiger partial charge in [-0.15, -0.1) is 0 Å². The Morgan fingerprint density at radius 2 is 1.90 bits per heavy atom. The van der Waals surface area contributed by atoms with Gasteiger partial charge in [-0.1, -0.05) is 6.42 Å². The summed E-state index contributed by atoms with van der Waals surface area (Å²) >= 11 is 0. The smallest absolute Gasteiger partial charge is 0.315 e. The summed E-state index contributed by atoms with van der Waals surface area (Å²) in [4.78, 5) is 25.2. The number of carboxylic acids is 1. The Balaban J connectivity index is 1.67. The van der Waals surface area contributed by atoms with E-state index in [2.05, 4.69) is 15.5 Å². The van der Waals surface area contributed by atoms with E-state index in [0.717, 1.165) is 38.9 Å².